The first-order valence-corrected chi connectivity index (χ1v) is 17.9. The third kappa shape index (κ3) is 9.05. The topological polar surface area (TPSA) is 114 Å². The van der Waals surface area contributed by atoms with Crippen LogP contribution in [0.25, 0.3) is 43.1 Å². The SMILES string of the molecule is C=C1OCCOCCO[C@H](C(=O)Nc2ccc3cc4ccccc4cc3c2)C(=C)OCCOCCOC1C(=O)Nc1ccc2cc3ccccc3cc2c1. The number of hydrogen-bond acceptors (Lipinski definition) is 8. The summed E-state index contributed by atoms with van der Waals surface area (Å²) in [5, 5.41) is 14.5. The van der Waals surface area contributed by atoms with Crippen molar-refractivity contribution in [1.82, 2.24) is 0 Å². The fourth-order valence-electron chi connectivity index (χ4n) is 6.35. The van der Waals surface area contributed by atoms with Gasteiger partial charge in [0.2, 0.25) is 0 Å². The number of fused-ring (bicyclic) bond motifs is 4. The molecule has 1 fully saturated rings. The van der Waals surface area contributed by atoms with Gasteiger partial charge in [0.05, 0.1) is 39.6 Å². The molecule has 2 atom stereocenters. The summed E-state index contributed by atoms with van der Waals surface area (Å²) < 4.78 is 34.8. The van der Waals surface area contributed by atoms with Crippen LogP contribution in [0.3, 0.4) is 0 Å². The summed E-state index contributed by atoms with van der Waals surface area (Å²) in [5.74, 6) is -0.577. The number of ether oxygens (including phenoxy) is 6. The molecule has 1 aliphatic heterocycles. The molecular weight excluding hydrogens is 684 g/mol. The largest absolute Gasteiger partial charge is 0.493 e. The summed E-state index contributed by atoms with van der Waals surface area (Å²) in [7, 11) is 0. The maximum atomic E-state index is 13.5. The molecule has 2 N–H and O–H groups in total. The highest BCUT2D eigenvalue weighted by molar-refractivity contribution is 6.03. The second-order valence-electron chi connectivity index (χ2n) is 12.9. The Balaban J connectivity index is 0.943. The summed E-state index contributed by atoms with van der Waals surface area (Å²) in [6.07, 6.45) is -2.19. The van der Waals surface area contributed by atoms with Gasteiger partial charge in [-0.1, -0.05) is 73.8 Å². The van der Waals surface area contributed by atoms with Crippen LogP contribution in [0, 0.1) is 0 Å². The van der Waals surface area contributed by atoms with E-state index >= 15 is 0 Å². The van der Waals surface area contributed by atoms with Crippen molar-refractivity contribution in [3.05, 3.63) is 134 Å². The monoisotopic (exact) mass is 726 g/mol. The molecule has 0 spiro atoms. The molecule has 10 heteroatoms. The van der Waals surface area contributed by atoms with Gasteiger partial charge in [0.15, 0.2) is 12.2 Å². The van der Waals surface area contributed by atoms with Crippen LogP contribution in [0.2, 0.25) is 0 Å². The van der Waals surface area contributed by atoms with Crippen LogP contribution in [0.5, 0.6) is 0 Å². The highest BCUT2D eigenvalue weighted by atomic mass is 16.6. The number of amides is 2. The fourth-order valence-corrected chi connectivity index (χ4v) is 6.35. The summed E-state index contributed by atoms with van der Waals surface area (Å²) in [4.78, 5) is 26.9. The first-order chi connectivity index (χ1) is 26.4. The molecule has 54 heavy (non-hydrogen) atoms. The van der Waals surface area contributed by atoms with Crippen LogP contribution in [0.1, 0.15) is 0 Å². The molecule has 0 bridgehead atoms. The van der Waals surface area contributed by atoms with Crippen molar-refractivity contribution < 1.29 is 38.0 Å². The van der Waals surface area contributed by atoms with Gasteiger partial charge in [0.1, 0.15) is 24.7 Å². The fraction of sp³-hybridized carbons (Fsp3) is 0.227. The molecule has 0 radical (unpaired) electrons. The molecule has 276 valence electrons. The number of rotatable bonds is 4. The van der Waals surface area contributed by atoms with Gasteiger partial charge in [-0.3, -0.25) is 9.59 Å². The number of carbonyl (C=O) groups is 2. The lowest BCUT2D eigenvalue weighted by molar-refractivity contribution is -0.131. The molecule has 0 saturated carbocycles. The van der Waals surface area contributed by atoms with Crippen molar-refractivity contribution in [3.63, 3.8) is 0 Å². The van der Waals surface area contributed by atoms with Gasteiger partial charge in [-0.25, -0.2) is 0 Å². The average Bonchev–Trinajstić information content (AvgIpc) is 3.17. The van der Waals surface area contributed by atoms with E-state index in [4.69, 9.17) is 28.4 Å². The molecule has 6 aromatic rings. The van der Waals surface area contributed by atoms with Gasteiger partial charge in [-0.15, -0.1) is 0 Å². The molecule has 1 heterocycles. The van der Waals surface area contributed by atoms with Gasteiger partial charge in [-0.2, -0.15) is 0 Å². The summed E-state index contributed by atoms with van der Waals surface area (Å²) in [6.45, 7) is 9.02. The highest BCUT2D eigenvalue weighted by Crippen LogP contribution is 2.27. The minimum Gasteiger partial charge on any atom is -0.493 e. The number of anilines is 2. The second-order valence-corrected chi connectivity index (χ2v) is 12.9. The quantitative estimate of drug-likeness (QED) is 0.177. The molecule has 1 saturated heterocycles. The zero-order valence-corrected chi connectivity index (χ0v) is 29.9. The Morgan fingerprint density at radius 3 is 1.20 bits per heavy atom. The van der Waals surface area contributed by atoms with Gasteiger partial charge >= 0.3 is 0 Å². The minimum absolute atomic E-state index is 0.0807. The Morgan fingerprint density at radius 2 is 0.796 bits per heavy atom. The smallest absolute Gasteiger partial charge is 0.261 e. The molecule has 2 amide bonds. The molecule has 0 aromatic heterocycles. The van der Waals surface area contributed by atoms with E-state index in [1.54, 1.807) is 0 Å². The van der Waals surface area contributed by atoms with E-state index in [1.165, 1.54) is 0 Å². The van der Waals surface area contributed by atoms with Gasteiger partial charge in [0.25, 0.3) is 11.8 Å². The molecule has 1 aliphatic rings. The zero-order chi connectivity index (χ0) is 37.3. The van der Waals surface area contributed by atoms with Crippen LogP contribution >= 0.6 is 0 Å². The third-order valence-corrected chi connectivity index (χ3v) is 9.06. The van der Waals surface area contributed by atoms with Gasteiger partial charge in [0, 0.05) is 11.4 Å². The normalized spacial score (nSPS) is 18.4. The van der Waals surface area contributed by atoms with Crippen molar-refractivity contribution in [1.29, 1.82) is 0 Å². The Bertz CT molecular complexity index is 2160. The lowest BCUT2D eigenvalue weighted by Crippen LogP contribution is -2.35. The van der Waals surface area contributed by atoms with E-state index in [0.717, 1.165) is 43.1 Å². The predicted octanol–water partition coefficient (Wildman–Crippen LogP) is 7.75. The van der Waals surface area contributed by atoms with Gasteiger partial charge < -0.3 is 39.1 Å². The van der Waals surface area contributed by atoms with E-state index in [1.807, 2.05) is 60.7 Å². The maximum Gasteiger partial charge on any atom is 0.261 e. The third-order valence-electron chi connectivity index (χ3n) is 9.06. The standard InChI is InChI=1S/C44H42N2O8/c1-29-41(43(47)45-39-13-11-35-23-31-7-3-5-9-33(31)25-37(35)27-39)53-21-17-50-16-20-52-30(2)42(54-22-18-49-15-19-51-29)44(48)46-40-14-12-36-24-32-8-4-6-10-34(32)26-38(36)28-40/h3-14,23-28,41-42H,1-2,15-22H2,(H,45,47)(H,46,48)/t41-,42?/m0/s1. The summed E-state index contributed by atoms with van der Waals surface area (Å²) >= 11 is 0. The minimum atomic E-state index is -1.10. The predicted molar refractivity (Wildman–Crippen MR) is 211 cm³/mol. The number of carbonyl (C=O) groups excluding carboxylic acids is 2. The molecular formula is C44H42N2O8. The number of benzene rings is 6. The zero-order valence-electron chi connectivity index (χ0n) is 29.9. The van der Waals surface area contributed by atoms with Crippen molar-refractivity contribution in [2.75, 3.05) is 63.5 Å². The Labute approximate surface area is 313 Å². The van der Waals surface area contributed by atoms with Crippen molar-refractivity contribution in [2.45, 2.75) is 12.2 Å². The molecule has 1 unspecified atom stereocenters. The lowest BCUT2D eigenvalue weighted by Gasteiger charge is -2.22. The van der Waals surface area contributed by atoms with Crippen molar-refractivity contribution >= 4 is 66.3 Å². The van der Waals surface area contributed by atoms with Crippen LogP contribution in [-0.4, -0.2) is 76.9 Å². The molecule has 7 rings (SSSR count). The van der Waals surface area contributed by atoms with E-state index in [0.29, 0.717) is 11.4 Å². The Hall–Kier alpha value is -5.78. The summed E-state index contributed by atoms with van der Waals surface area (Å²) in [6, 6.07) is 36.2. The van der Waals surface area contributed by atoms with Crippen LogP contribution in [0.4, 0.5) is 11.4 Å². The molecule has 0 aliphatic carbocycles. The van der Waals surface area contributed by atoms with E-state index in [9.17, 15) is 9.59 Å². The van der Waals surface area contributed by atoms with Crippen molar-refractivity contribution in [3.8, 4) is 0 Å². The second kappa shape index (κ2) is 17.4. The van der Waals surface area contributed by atoms with Gasteiger partial charge in [-0.05, 0) is 91.6 Å². The first-order valence-electron chi connectivity index (χ1n) is 17.9. The van der Waals surface area contributed by atoms with Crippen LogP contribution in [-0.2, 0) is 38.0 Å². The Kier molecular flexibility index (Phi) is 11.8. The van der Waals surface area contributed by atoms with Crippen LogP contribution in [0.15, 0.2) is 134 Å². The number of hydrogen-bond donors (Lipinski definition) is 2. The first kappa shape index (κ1) is 36.6. The van der Waals surface area contributed by atoms with E-state index in [-0.39, 0.29) is 64.4 Å². The maximum absolute atomic E-state index is 13.5. The molecule has 6 aromatic carbocycles. The molecule has 10 nitrogen and oxygen atoms in total. The highest BCUT2D eigenvalue weighted by Gasteiger charge is 2.26. The van der Waals surface area contributed by atoms with E-state index < -0.39 is 24.0 Å². The summed E-state index contributed by atoms with van der Waals surface area (Å²) in [5.41, 5.74) is 1.24. The number of nitrogens with one attached hydrogen (secondary N) is 2. The lowest BCUT2D eigenvalue weighted by atomic mass is 10.0. The van der Waals surface area contributed by atoms with E-state index in [2.05, 4.69) is 72.3 Å². The van der Waals surface area contributed by atoms with Crippen LogP contribution < -0.4 is 10.6 Å². The average molecular weight is 727 g/mol. The Morgan fingerprint density at radius 1 is 0.444 bits per heavy atom. The van der Waals surface area contributed by atoms with Crippen molar-refractivity contribution in [2.24, 2.45) is 0 Å².